The number of ether oxygens (including phenoxy) is 1. The summed E-state index contributed by atoms with van der Waals surface area (Å²) in [6.07, 6.45) is 5.35. The van der Waals surface area contributed by atoms with Crippen LogP contribution in [0, 0.1) is 0 Å². The van der Waals surface area contributed by atoms with Gasteiger partial charge in [-0.3, -0.25) is 4.79 Å². The molecule has 1 fully saturated rings. The van der Waals surface area contributed by atoms with E-state index in [1.54, 1.807) is 19.1 Å². The molecule has 0 aromatic heterocycles. The molecule has 1 N–H and O–H groups in total. The summed E-state index contributed by atoms with van der Waals surface area (Å²) in [5.74, 6) is -2.56. The molecule has 7 heteroatoms. The third-order valence-corrected chi connectivity index (χ3v) is 5.68. The summed E-state index contributed by atoms with van der Waals surface area (Å²) in [6, 6.07) is 8.51. The second-order valence-electron chi connectivity index (χ2n) is 5.43. The minimum Gasteiger partial charge on any atom is -0.461 e. The van der Waals surface area contributed by atoms with Crippen LogP contribution in [0.3, 0.4) is 0 Å². The number of rotatable bonds is 6. The van der Waals surface area contributed by atoms with Crippen molar-refractivity contribution in [1.29, 1.82) is 0 Å². The van der Waals surface area contributed by atoms with E-state index in [2.05, 4.69) is 5.09 Å². The van der Waals surface area contributed by atoms with Gasteiger partial charge in [0.1, 0.15) is 17.9 Å². The van der Waals surface area contributed by atoms with Crippen LogP contribution in [0.2, 0.25) is 0 Å². The highest BCUT2D eigenvalue weighted by atomic mass is 35.7. The summed E-state index contributed by atoms with van der Waals surface area (Å²) >= 11 is 11.5. The molecule has 2 atom stereocenters. The predicted octanol–water partition coefficient (Wildman–Crippen LogP) is 4.38. The maximum Gasteiger partial charge on any atom is 0.323 e. The number of para-hydroxylation sites is 1. The third kappa shape index (κ3) is 5.88. The van der Waals surface area contributed by atoms with Gasteiger partial charge >= 0.3 is 5.97 Å². The minimum atomic E-state index is -2.82. The molecule has 0 spiro atoms. The fourth-order valence-corrected chi connectivity index (χ4v) is 4.80. The number of esters is 1. The summed E-state index contributed by atoms with van der Waals surface area (Å²) in [4.78, 5) is 12.1. The van der Waals surface area contributed by atoms with Gasteiger partial charge in [-0.25, -0.2) is 5.09 Å². The normalized spacial score (nSPS) is 19.9. The van der Waals surface area contributed by atoms with E-state index in [0.29, 0.717) is 5.75 Å². The van der Waals surface area contributed by atoms with Crippen molar-refractivity contribution in [2.45, 2.75) is 51.2 Å². The van der Waals surface area contributed by atoms with Crippen molar-refractivity contribution in [3.63, 3.8) is 0 Å². The number of carbonyl (C=O) groups is 1. The number of carbonyl (C=O) groups excluding carboxylic acids is 1. The van der Waals surface area contributed by atoms with Gasteiger partial charge in [0.05, 0.1) is 0 Å². The van der Waals surface area contributed by atoms with Crippen molar-refractivity contribution in [2.75, 3.05) is 0 Å². The average Bonchev–Trinajstić information content (AvgIpc) is 2.48. The first-order valence-electron chi connectivity index (χ1n) is 7.49. The Hall–Kier alpha value is -0.610. The molecule has 0 bridgehead atoms. The first kappa shape index (κ1) is 17.7. The summed E-state index contributed by atoms with van der Waals surface area (Å²) in [7, 11) is 0. The number of halogens is 1. The summed E-state index contributed by atoms with van der Waals surface area (Å²) in [6.45, 7) is 1.70. The second kappa shape index (κ2) is 8.30. The lowest BCUT2D eigenvalue weighted by molar-refractivity contribution is -0.152. The SMILES string of the molecule is C[C@H](NP(=S)(Cl)Oc1ccccc1)C(=O)OC1CCCCC1. The van der Waals surface area contributed by atoms with Gasteiger partial charge in [0.15, 0.2) is 0 Å². The van der Waals surface area contributed by atoms with Crippen LogP contribution in [0.5, 0.6) is 5.75 Å². The van der Waals surface area contributed by atoms with Gasteiger partial charge in [-0.05, 0) is 67.8 Å². The standard InChI is InChI=1S/C15H21ClNO3PS/c1-12(15(18)19-13-8-4-2-5-9-13)17-21(16,22)20-14-10-6-3-7-11-14/h3,6-7,10-13H,2,4-5,8-9H2,1H3,(H,17,22)/t12-,21?/m0/s1. The number of benzene rings is 1. The summed E-state index contributed by atoms with van der Waals surface area (Å²) < 4.78 is 11.1. The molecule has 0 amide bonds. The van der Waals surface area contributed by atoms with Crippen LogP contribution >= 0.6 is 17.0 Å². The van der Waals surface area contributed by atoms with Gasteiger partial charge < -0.3 is 9.26 Å². The highest BCUT2D eigenvalue weighted by Crippen LogP contribution is 2.49. The summed E-state index contributed by atoms with van der Waals surface area (Å²) in [5, 5.41) is 2.89. The smallest absolute Gasteiger partial charge is 0.323 e. The lowest BCUT2D eigenvalue weighted by atomic mass is 9.98. The zero-order chi connectivity index (χ0) is 16.0. The van der Waals surface area contributed by atoms with Gasteiger partial charge in [0.2, 0.25) is 0 Å². The maximum absolute atomic E-state index is 12.1. The van der Waals surface area contributed by atoms with E-state index < -0.39 is 11.8 Å². The highest BCUT2D eigenvalue weighted by Gasteiger charge is 2.26. The fraction of sp³-hybridized carbons (Fsp3) is 0.533. The molecule has 0 aliphatic heterocycles. The predicted molar refractivity (Wildman–Crippen MR) is 92.8 cm³/mol. The molecule has 1 aliphatic rings. The zero-order valence-electron chi connectivity index (χ0n) is 12.5. The van der Waals surface area contributed by atoms with Gasteiger partial charge in [-0.15, -0.1) is 0 Å². The van der Waals surface area contributed by atoms with Crippen LogP contribution in [0.4, 0.5) is 0 Å². The van der Waals surface area contributed by atoms with Crippen LogP contribution in [0.25, 0.3) is 0 Å². The molecule has 22 heavy (non-hydrogen) atoms. The molecule has 1 aromatic carbocycles. The Morgan fingerprint density at radius 3 is 2.59 bits per heavy atom. The van der Waals surface area contributed by atoms with Gasteiger partial charge in [0.25, 0.3) is 5.77 Å². The van der Waals surface area contributed by atoms with E-state index in [9.17, 15) is 4.79 Å². The first-order valence-corrected chi connectivity index (χ1v) is 11.1. The molecular formula is C15H21ClNO3PS. The van der Waals surface area contributed by atoms with Crippen molar-refractivity contribution < 1.29 is 14.1 Å². The Bertz CT molecular complexity index is 537. The number of hydrogen-bond acceptors (Lipinski definition) is 4. The molecule has 1 aliphatic carbocycles. The van der Waals surface area contributed by atoms with Crippen LogP contribution in [-0.2, 0) is 21.3 Å². The molecule has 0 saturated heterocycles. The Morgan fingerprint density at radius 2 is 1.95 bits per heavy atom. The van der Waals surface area contributed by atoms with Crippen molar-refractivity contribution in [1.82, 2.24) is 5.09 Å². The van der Waals surface area contributed by atoms with Gasteiger partial charge in [0, 0.05) is 0 Å². The monoisotopic (exact) mass is 361 g/mol. The summed E-state index contributed by atoms with van der Waals surface area (Å²) in [5.41, 5.74) is 0. The number of nitrogens with one attached hydrogen (secondary N) is 1. The molecule has 0 radical (unpaired) electrons. The molecule has 4 nitrogen and oxygen atoms in total. The highest BCUT2D eigenvalue weighted by molar-refractivity contribution is 8.23. The number of hydrogen-bond donors (Lipinski definition) is 1. The fourth-order valence-electron chi connectivity index (χ4n) is 2.38. The first-order chi connectivity index (χ1) is 10.5. The molecule has 122 valence electrons. The van der Waals surface area contributed by atoms with E-state index in [1.807, 2.05) is 18.2 Å². The van der Waals surface area contributed by atoms with Crippen LogP contribution in [0.1, 0.15) is 39.0 Å². The molecule has 1 saturated carbocycles. The van der Waals surface area contributed by atoms with Crippen molar-refractivity contribution >= 4 is 34.8 Å². The minimum absolute atomic E-state index is 0.0220. The van der Waals surface area contributed by atoms with Crippen LogP contribution in [0.15, 0.2) is 30.3 Å². The lowest BCUT2D eigenvalue weighted by Crippen LogP contribution is -2.36. The largest absolute Gasteiger partial charge is 0.461 e. The van der Waals surface area contributed by atoms with Gasteiger partial charge in [-0.2, -0.15) is 0 Å². The molecule has 1 aromatic rings. The molecule has 2 rings (SSSR count). The second-order valence-corrected chi connectivity index (χ2v) is 10.4. The van der Waals surface area contributed by atoms with E-state index in [0.717, 1.165) is 25.7 Å². The Morgan fingerprint density at radius 1 is 1.32 bits per heavy atom. The van der Waals surface area contributed by atoms with Crippen molar-refractivity contribution in [2.24, 2.45) is 0 Å². The third-order valence-electron chi connectivity index (χ3n) is 3.50. The topological polar surface area (TPSA) is 47.6 Å². The van der Waals surface area contributed by atoms with Crippen molar-refractivity contribution in [3.05, 3.63) is 30.3 Å². The average molecular weight is 362 g/mol. The molecule has 0 heterocycles. The van der Waals surface area contributed by atoms with Crippen LogP contribution in [-0.4, -0.2) is 18.1 Å². The molecular weight excluding hydrogens is 341 g/mol. The van der Waals surface area contributed by atoms with E-state index in [4.69, 9.17) is 32.3 Å². The zero-order valence-corrected chi connectivity index (χ0v) is 15.0. The molecule has 1 unspecified atom stereocenters. The van der Waals surface area contributed by atoms with Crippen molar-refractivity contribution in [3.8, 4) is 5.75 Å². The Balaban J connectivity index is 1.85. The van der Waals surface area contributed by atoms with E-state index in [-0.39, 0.29) is 12.1 Å². The van der Waals surface area contributed by atoms with E-state index >= 15 is 0 Å². The van der Waals surface area contributed by atoms with E-state index in [1.165, 1.54) is 6.42 Å². The van der Waals surface area contributed by atoms with Crippen LogP contribution < -0.4 is 9.61 Å². The van der Waals surface area contributed by atoms with Gasteiger partial charge in [-0.1, -0.05) is 24.6 Å². The Kier molecular flexibility index (Phi) is 6.69. The maximum atomic E-state index is 12.1. The lowest BCUT2D eigenvalue weighted by Gasteiger charge is -2.25. The quantitative estimate of drug-likeness (QED) is 0.601. The Labute approximate surface area is 141 Å².